The van der Waals surface area contributed by atoms with Gasteiger partial charge in [-0.05, 0) is 64.8 Å². The van der Waals surface area contributed by atoms with Gasteiger partial charge < -0.3 is 14.5 Å². The van der Waals surface area contributed by atoms with Crippen molar-refractivity contribution in [2.24, 2.45) is 0 Å². The Morgan fingerprint density at radius 3 is 2.50 bits per heavy atom. The maximum atomic E-state index is 12.0. The Hall–Kier alpha value is -2.67. The number of hydrogen-bond acceptors (Lipinski definition) is 5. The Morgan fingerprint density at radius 2 is 1.88 bits per heavy atom. The minimum absolute atomic E-state index is 0.0733. The first kappa shape index (κ1) is 19.7. The average Bonchev–Trinajstić information content (AvgIpc) is 3.04. The van der Waals surface area contributed by atoms with E-state index in [1.54, 1.807) is 36.4 Å². The minimum atomic E-state index is -0.644. The summed E-state index contributed by atoms with van der Waals surface area (Å²) in [6.45, 7) is 1.55. The number of benzene rings is 1. The molecule has 0 atom stereocenters. The van der Waals surface area contributed by atoms with E-state index >= 15 is 0 Å². The number of hydrogen-bond donors (Lipinski definition) is 1. The molecule has 0 aliphatic rings. The number of nitrogens with one attached hydrogen (secondary N) is 1. The third kappa shape index (κ3) is 6.33. The molecule has 0 fully saturated rings. The topological polar surface area (TPSA) is 85.6 Å². The number of carbonyl (C=O) groups excluding carboxylic acids is 3. The Kier molecular flexibility index (Phi) is 7.35. The second-order valence-electron chi connectivity index (χ2n) is 5.38. The van der Waals surface area contributed by atoms with E-state index in [1.165, 1.54) is 12.2 Å². The minimum Gasteiger partial charge on any atom is -0.454 e. The summed E-state index contributed by atoms with van der Waals surface area (Å²) in [6.07, 6.45) is 3.84. The molecule has 0 aliphatic carbocycles. The van der Waals surface area contributed by atoms with Crippen LogP contribution in [0.2, 0.25) is 0 Å². The third-order valence-corrected chi connectivity index (χ3v) is 3.72. The van der Waals surface area contributed by atoms with Crippen molar-refractivity contribution >= 4 is 45.4 Å². The molecule has 26 heavy (non-hydrogen) atoms. The fourth-order valence-electron chi connectivity index (χ4n) is 2.03. The fraction of sp³-hybridized carbons (Fsp3) is 0.211. The summed E-state index contributed by atoms with van der Waals surface area (Å²) in [6, 6.07) is 9.80. The number of furan rings is 1. The van der Waals surface area contributed by atoms with E-state index in [9.17, 15) is 14.4 Å². The molecule has 7 heteroatoms. The van der Waals surface area contributed by atoms with Crippen LogP contribution in [0.3, 0.4) is 0 Å². The van der Waals surface area contributed by atoms with Crippen LogP contribution in [0.1, 0.15) is 35.9 Å². The molecular weight excluding hydrogens is 402 g/mol. The number of ketones is 1. The van der Waals surface area contributed by atoms with Gasteiger partial charge in [-0.2, -0.15) is 0 Å². The van der Waals surface area contributed by atoms with Crippen LogP contribution in [0.25, 0.3) is 6.08 Å². The zero-order chi connectivity index (χ0) is 18.9. The highest BCUT2D eigenvalue weighted by molar-refractivity contribution is 9.10. The van der Waals surface area contributed by atoms with E-state index in [0.29, 0.717) is 28.1 Å². The molecule has 1 heterocycles. The number of halogens is 1. The standard InChI is InChI=1S/C19H18BrNO5/c1-2-3-18(23)21-14-6-4-13(5-7-14)16(22)12-25-19(24)11-9-15-8-10-17(20)26-15/h4-11H,2-3,12H2,1H3,(H,21,23)/b11-9+. The van der Waals surface area contributed by atoms with Crippen molar-refractivity contribution in [3.05, 3.63) is 58.5 Å². The van der Waals surface area contributed by atoms with E-state index in [4.69, 9.17) is 9.15 Å². The van der Waals surface area contributed by atoms with E-state index in [2.05, 4.69) is 21.2 Å². The summed E-state index contributed by atoms with van der Waals surface area (Å²) in [5.41, 5.74) is 1.01. The first-order chi connectivity index (χ1) is 12.5. The van der Waals surface area contributed by atoms with Crippen LogP contribution in [0.4, 0.5) is 5.69 Å². The Balaban J connectivity index is 1.82. The molecule has 2 aromatic rings. The number of ether oxygens (including phenoxy) is 1. The van der Waals surface area contributed by atoms with Crippen LogP contribution in [0.15, 0.2) is 51.6 Å². The fourth-order valence-corrected chi connectivity index (χ4v) is 2.35. The van der Waals surface area contributed by atoms with Crippen molar-refractivity contribution in [1.29, 1.82) is 0 Å². The molecule has 2 rings (SSSR count). The Labute approximate surface area is 159 Å². The first-order valence-electron chi connectivity index (χ1n) is 8.01. The van der Waals surface area contributed by atoms with Gasteiger partial charge in [-0.3, -0.25) is 9.59 Å². The van der Waals surface area contributed by atoms with Gasteiger partial charge in [-0.1, -0.05) is 6.92 Å². The predicted molar refractivity (Wildman–Crippen MR) is 101 cm³/mol. The lowest BCUT2D eigenvalue weighted by molar-refractivity contribution is -0.136. The van der Waals surface area contributed by atoms with Crippen LogP contribution in [-0.2, 0) is 14.3 Å². The molecule has 0 spiro atoms. The molecule has 0 bridgehead atoms. The lowest BCUT2D eigenvalue weighted by atomic mass is 10.1. The van der Waals surface area contributed by atoms with Crippen molar-refractivity contribution in [2.45, 2.75) is 19.8 Å². The first-order valence-corrected chi connectivity index (χ1v) is 8.80. The molecular formula is C19H18BrNO5. The number of carbonyl (C=O) groups is 3. The molecule has 1 N–H and O–H groups in total. The molecule has 0 saturated carbocycles. The lowest BCUT2D eigenvalue weighted by Gasteiger charge is -2.06. The van der Waals surface area contributed by atoms with E-state index in [1.807, 2.05) is 6.92 Å². The van der Waals surface area contributed by atoms with Crippen molar-refractivity contribution in [3.8, 4) is 0 Å². The summed E-state index contributed by atoms with van der Waals surface area (Å²) < 4.78 is 10.7. The van der Waals surface area contributed by atoms with Gasteiger partial charge in [0.05, 0.1) is 0 Å². The number of anilines is 1. The molecule has 0 unspecified atom stereocenters. The molecule has 1 aromatic heterocycles. The highest BCUT2D eigenvalue weighted by atomic mass is 79.9. The Morgan fingerprint density at radius 1 is 1.15 bits per heavy atom. The van der Waals surface area contributed by atoms with Gasteiger partial charge in [-0.15, -0.1) is 0 Å². The van der Waals surface area contributed by atoms with Crippen molar-refractivity contribution in [3.63, 3.8) is 0 Å². The van der Waals surface area contributed by atoms with Crippen molar-refractivity contribution < 1.29 is 23.5 Å². The van der Waals surface area contributed by atoms with Gasteiger partial charge >= 0.3 is 5.97 Å². The van der Waals surface area contributed by atoms with Gasteiger partial charge in [0, 0.05) is 23.7 Å². The van der Waals surface area contributed by atoms with E-state index < -0.39 is 5.97 Å². The van der Waals surface area contributed by atoms with Crippen molar-refractivity contribution in [1.82, 2.24) is 0 Å². The summed E-state index contributed by atoms with van der Waals surface area (Å²) in [7, 11) is 0. The van der Waals surface area contributed by atoms with Gasteiger partial charge in [0.2, 0.25) is 5.91 Å². The number of rotatable bonds is 8. The number of Topliss-reactive ketones (excluding diaryl/α,β-unsaturated/α-hetero) is 1. The third-order valence-electron chi connectivity index (χ3n) is 3.29. The van der Waals surface area contributed by atoms with Gasteiger partial charge in [0.1, 0.15) is 5.76 Å². The van der Waals surface area contributed by atoms with E-state index in [-0.39, 0.29) is 18.3 Å². The van der Waals surface area contributed by atoms with Crippen LogP contribution >= 0.6 is 15.9 Å². The van der Waals surface area contributed by atoms with Gasteiger partial charge in [-0.25, -0.2) is 4.79 Å². The summed E-state index contributed by atoms with van der Waals surface area (Å²) in [5, 5.41) is 2.74. The van der Waals surface area contributed by atoms with Gasteiger partial charge in [0.25, 0.3) is 0 Å². The number of amides is 1. The number of esters is 1. The second kappa shape index (κ2) is 9.72. The summed E-state index contributed by atoms with van der Waals surface area (Å²) in [5.74, 6) is -0.565. The predicted octanol–water partition coefficient (Wildman–Crippen LogP) is 4.22. The quantitative estimate of drug-likeness (QED) is 0.393. The molecule has 1 amide bonds. The summed E-state index contributed by atoms with van der Waals surface area (Å²) in [4.78, 5) is 35.2. The largest absolute Gasteiger partial charge is 0.454 e. The average molecular weight is 420 g/mol. The highest BCUT2D eigenvalue weighted by Gasteiger charge is 2.09. The van der Waals surface area contributed by atoms with Crippen LogP contribution in [-0.4, -0.2) is 24.3 Å². The lowest BCUT2D eigenvalue weighted by Crippen LogP contribution is -2.13. The molecule has 0 aliphatic heterocycles. The molecule has 6 nitrogen and oxygen atoms in total. The van der Waals surface area contributed by atoms with Crippen LogP contribution in [0.5, 0.6) is 0 Å². The molecule has 1 aromatic carbocycles. The van der Waals surface area contributed by atoms with Crippen LogP contribution < -0.4 is 5.32 Å². The monoisotopic (exact) mass is 419 g/mol. The smallest absolute Gasteiger partial charge is 0.331 e. The SMILES string of the molecule is CCCC(=O)Nc1ccc(C(=O)COC(=O)/C=C/c2ccc(Br)o2)cc1. The van der Waals surface area contributed by atoms with Crippen molar-refractivity contribution in [2.75, 3.05) is 11.9 Å². The second-order valence-corrected chi connectivity index (χ2v) is 6.16. The van der Waals surface area contributed by atoms with Gasteiger partial charge in [0.15, 0.2) is 17.1 Å². The maximum absolute atomic E-state index is 12.0. The maximum Gasteiger partial charge on any atom is 0.331 e. The molecule has 0 radical (unpaired) electrons. The normalized spacial score (nSPS) is 10.7. The Bertz CT molecular complexity index is 808. The highest BCUT2D eigenvalue weighted by Crippen LogP contribution is 2.15. The van der Waals surface area contributed by atoms with Crippen LogP contribution in [0, 0.1) is 0 Å². The zero-order valence-corrected chi connectivity index (χ0v) is 15.7. The molecule has 136 valence electrons. The van der Waals surface area contributed by atoms with E-state index in [0.717, 1.165) is 6.42 Å². The zero-order valence-electron chi connectivity index (χ0n) is 14.2. The summed E-state index contributed by atoms with van der Waals surface area (Å²) >= 11 is 3.16. The molecule has 0 saturated heterocycles.